The van der Waals surface area contributed by atoms with Gasteiger partial charge in [-0.3, -0.25) is 0 Å². The minimum Gasteiger partial charge on any atom is -0.497 e. The summed E-state index contributed by atoms with van der Waals surface area (Å²) >= 11 is 12.4. The molecule has 0 unspecified atom stereocenters. The molecule has 0 N–H and O–H groups in total. The van der Waals surface area contributed by atoms with Crippen molar-refractivity contribution in [1.29, 1.82) is 0 Å². The number of hydrogen-bond donors (Lipinski definition) is 0. The first-order valence-corrected chi connectivity index (χ1v) is 10.0. The van der Waals surface area contributed by atoms with Crippen LogP contribution in [-0.2, 0) is 6.61 Å². The van der Waals surface area contributed by atoms with E-state index in [1.807, 2.05) is 50.2 Å². The zero-order valence-corrected chi connectivity index (χ0v) is 19.1. The van der Waals surface area contributed by atoms with Gasteiger partial charge in [-0.25, -0.2) is 9.97 Å². The Bertz CT molecular complexity index is 869. The highest BCUT2D eigenvalue weighted by Gasteiger charge is 2.05. The molecule has 2 heterocycles. The van der Waals surface area contributed by atoms with Gasteiger partial charge in [-0.05, 0) is 86.7 Å². The lowest BCUT2D eigenvalue weighted by atomic mass is 10.2. The smallest absolute Gasteiger partial charge is 0.228 e. The molecule has 3 aromatic rings. The van der Waals surface area contributed by atoms with Crippen molar-refractivity contribution in [3.63, 3.8) is 0 Å². The van der Waals surface area contributed by atoms with Crippen LogP contribution in [0.25, 0.3) is 0 Å². The number of pyridine rings is 2. The molecule has 0 aliphatic rings. The van der Waals surface area contributed by atoms with Crippen molar-refractivity contribution in [3.8, 4) is 11.6 Å². The molecule has 3 rings (SSSR count). The van der Waals surface area contributed by atoms with E-state index in [1.54, 1.807) is 19.5 Å². The van der Waals surface area contributed by atoms with Gasteiger partial charge in [-0.2, -0.15) is 0 Å². The third-order valence-corrected chi connectivity index (χ3v) is 6.11. The fourth-order valence-corrected chi connectivity index (χ4v) is 2.79. The zero-order valence-electron chi connectivity index (χ0n) is 15.2. The standard InChI is InChI=1S/C14H14BrNO2.C6H5BrClN/c1-10-7-8-16-14(13(10)15)18-9-11-3-5-12(17-2)6-4-11;1-4-2-3-9-6(8)5(4)7/h3-8H,9H2,1-2H3;2-3H,1H3. The fourth-order valence-electron chi connectivity index (χ4n) is 2.00. The summed E-state index contributed by atoms with van der Waals surface area (Å²) in [5.74, 6) is 1.46. The highest BCUT2D eigenvalue weighted by Crippen LogP contribution is 2.26. The third-order valence-electron chi connectivity index (χ3n) is 3.62. The maximum atomic E-state index is 5.68. The van der Waals surface area contributed by atoms with Gasteiger partial charge in [-0.1, -0.05) is 23.7 Å². The number of rotatable bonds is 4. The second kappa shape index (κ2) is 10.6. The normalized spacial score (nSPS) is 10.0. The molecular formula is C20H19Br2ClN2O2. The number of nitrogens with zero attached hydrogens (tertiary/aromatic N) is 2. The van der Waals surface area contributed by atoms with E-state index in [1.165, 1.54) is 0 Å². The molecule has 0 saturated carbocycles. The maximum Gasteiger partial charge on any atom is 0.228 e. The van der Waals surface area contributed by atoms with E-state index in [0.717, 1.165) is 31.4 Å². The van der Waals surface area contributed by atoms with Gasteiger partial charge in [0.15, 0.2) is 0 Å². The molecule has 0 amide bonds. The molecule has 7 heteroatoms. The Morgan fingerprint density at radius 1 is 0.889 bits per heavy atom. The number of ether oxygens (including phenoxy) is 2. The van der Waals surface area contributed by atoms with Crippen molar-refractivity contribution in [2.24, 2.45) is 0 Å². The van der Waals surface area contributed by atoms with E-state index in [2.05, 4.69) is 41.8 Å². The Balaban J connectivity index is 0.000000244. The largest absolute Gasteiger partial charge is 0.497 e. The van der Waals surface area contributed by atoms with E-state index >= 15 is 0 Å². The summed E-state index contributed by atoms with van der Waals surface area (Å²) in [5, 5.41) is 0.523. The molecule has 27 heavy (non-hydrogen) atoms. The topological polar surface area (TPSA) is 44.2 Å². The van der Waals surface area contributed by atoms with Gasteiger partial charge >= 0.3 is 0 Å². The van der Waals surface area contributed by atoms with Crippen molar-refractivity contribution in [3.05, 3.63) is 79.6 Å². The zero-order chi connectivity index (χ0) is 19.8. The Morgan fingerprint density at radius 2 is 1.48 bits per heavy atom. The van der Waals surface area contributed by atoms with Gasteiger partial charge in [-0.15, -0.1) is 0 Å². The Hall–Kier alpha value is -1.63. The molecule has 0 fully saturated rings. The van der Waals surface area contributed by atoms with Crippen LogP contribution in [0.1, 0.15) is 16.7 Å². The minimum absolute atomic E-state index is 0.485. The number of aromatic nitrogens is 2. The predicted molar refractivity (Wildman–Crippen MR) is 116 cm³/mol. The van der Waals surface area contributed by atoms with Crippen LogP contribution in [0, 0.1) is 13.8 Å². The van der Waals surface area contributed by atoms with Crippen LogP contribution in [-0.4, -0.2) is 17.1 Å². The molecule has 0 spiro atoms. The first kappa shape index (κ1) is 21.7. The Morgan fingerprint density at radius 3 is 2.04 bits per heavy atom. The first-order chi connectivity index (χ1) is 12.9. The molecule has 2 aromatic heterocycles. The molecular weight excluding hydrogens is 495 g/mol. The second-order valence-electron chi connectivity index (χ2n) is 5.62. The number of benzene rings is 1. The molecule has 0 radical (unpaired) electrons. The lowest BCUT2D eigenvalue weighted by molar-refractivity contribution is 0.291. The van der Waals surface area contributed by atoms with Gasteiger partial charge in [0, 0.05) is 12.4 Å². The van der Waals surface area contributed by atoms with Crippen molar-refractivity contribution in [1.82, 2.24) is 9.97 Å². The lowest BCUT2D eigenvalue weighted by Gasteiger charge is -2.08. The number of aryl methyl sites for hydroxylation is 2. The molecule has 0 aliphatic heterocycles. The molecule has 0 aliphatic carbocycles. The van der Waals surface area contributed by atoms with Crippen molar-refractivity contribution in [2.75, 3.05) is 7.11 Å². The summed E-state index contributed by atoms with van der Waals surface area (Å²) in [6.07, 6.45) is 3.42. The van der Waals surface area contributed by atoms with E-state index in [4.69, 9.17) is 21.1 Å². The first-order valence-electron chi connectivity index (χ1n) is 8.05. The molecule has 1 aromatic carbocycles. The van der Waals surface area contributed by atoms with Crippen LogP contribution in [0.15, 0.2) is 57.7 Å². The molecule has 4 nitrogen and oxygen atoms in total. The monoisotopic (exact) mass is 512 g/mol. The number of halogens is 3. The van der Waals surface area contributed by atoms with Crippen LogP contribution in [0.2, 0.25) is 5.15 Å². The summed E-state index contributed by atoms with van der Waals surface area (Å²) in [7, 11) is 1.65. The number of methoxy groups -OCH3 is 1. The average Bonchev–Trinajstić information content (AvgIpc) is 2.68. The lowest BCUT2D eigenvalue weighted by Crippen LogP contribution is -1.98. The van der Waals surface area contributed by atoms with Crippen molar-refractivity contribution in [2.45, 2.75) is 20.5 Å². The van der Waals surface area contributed by atoms with Crippen LogP contribution >= 0.6 is 43.5 Å². The summed E-state index contributed by atoms with van der Waals surface area (Å²) in [5.41, 5.74) is 3.29. The predicted octanol–water partition coefficient (Wildman–Crippen LogP) is 6.55. The van der Waals surface area contributed by atoms with Gasteiger partial charge in [0.25, 0.3) is 0 Å². The minimum atomic E-state index is 0.485. The Kier molecular flexibility index (Phi) is 8.54. The van der Waals surface area contributed by atoms with Crippen molar-refractivity contribution < 1.29 is 9.47 Å². The van der Waals surface area contributed by atoms with Gasteiger partial charge in [0.2, 0.25) is 5.88 Å². The number of hydrogen-bond acceptors (Lipinski definition) is 4. The van der Waals surface area contributed by atoms with Gasteiger partial charge in [0.1, 0.15) is 17.5 Å². The van der Waals surface area contributed by atoms with E-state index in [-0.39, 0.29) is 0 Å². The van der Waals surface area contributed by atoms with Crippen LogP contribution in [0.5, 0.6) is 11.6 Å². The van der Waals surface area contributed by atoms with E-state index < -0.39 is 0 Å². The Labute approximate surface area is 181 Å². The second-order valence-corrected chi connectivity index (χ2v) is 7.56. The molecule has 0 saturated heterocycles. The average molecular weight is 515 g/mol. The van der Waals surface area contributed by atoms with Gasteiger partial charge < -0.3 is 9.47 Å². The summed E-state index contributed by atoms with van der Waals surface area (Å²) in [6, 6.07) is 11.6. The fraction of sp³-hybridized carbons (Fsp3) is 0.200. The summed E-state index contributed by atoms with van der Waals surface area (Å²) in [4.78, 5) is 8.05. The third kappa shape index (κ3) is 6.48. The van der Waals surface area contributed by atoms with Crippen LogP contribution < -0.4 is 9.47 Å². The SMILES string of the molecule is COc1ccc(COc2nccc(C)c2Br)cc1.Cc1ccnc(Cl)c1Br. The van der Waals surface area contributed by atoms with Crippen LogP contribution in [0.4, 0.5) is 0 Å². The van der Waals surface area contributed by atoms with Gasteiger partial charge in [0.05, 0.1) is 16.1 Å². The van der Waals surface area contributed by atoms with Crippen molar-refractivity contribution >= 4 is 43.5 Å². The molecule has 142 valence electrons. The molecule has 0 atom stereocenters. The quantitative estimate of drug-likeness (QED) is 0.371. The maximum absolute atomic E-state index is 5.68. The van der Waals surface area contributed by atoms with Crippen LogP contribution in [0.3, 0.4) is 0 Å². The highest BCUT2D eigenvalue weighted by molar-refractivity contribution is 9.11. The van der Waals surface area contributed by atoms with E-state index in [9.17, 15) is 0 Å². The summed E-state index contributed by atoms with van der Waals surface area (Å²) in [6.45, 7) is 4.46. The highest BCUT2D eigenvalue weighted by atomic mass is 79.9. The molecule has 0 bridgehead atoms. The van der Waals surface area contributed by atoms with E-state index in [0.29, 0.717) is 17.6 Å². The summed E-state index contributed by atoms with van der Waals surface area (Å²) < 4.78 is 12.6.